The van der Waals surface area contributed by atoms with Crippen LogP contribution >= 0.6 is 23.4 Å². The summed E-state index contributed by atoms with van der Waals surface area (Å²) in [5, 5.41) is 5.84. The molecular formula is C16H21ClF3N3OS. The van der Waals surface area contributed by atoms with Crippen molar-refractivity contribution in [3.8, 4) is 0 Å². The molecule has 1 amide bonds. The van der Waals surface area contributed by atoms with E-state index >= 15 is 0 Å². The van der Waals surface area contributed by atoms with Gasteiger partial charge < -0.3 is 10.6 Å². The number of carbonyl (C=O) groups excluding carboxylic acids is 1. The maximum absolute atomic E-state index is 13.4. The summed E-state index contributed by atoms with van der Waals surface area (Å²) >= 11 is 7.38. The first kappa shape index (κ1) is 20.4. The molecule has 9 heteroatoms. The number of nitrogens with zero attached hydrogens (tertiary/aromatic N) is 1. The van der Waals surface area contributed by atoms with Crippen LogP contribution in [0, 0.1) is 0 Å². The first-order chi connectivity index (χ1) is 11.8. The number of carbonyl (C=O) groups is 1. The first-order valence-corrected chi connectivity index (χ1v) is 9.41. The monoisotopic (exact) mass is 395 g/mol. The largest absolute Gasteiger partial charge is 0.405 e. The van der Waals surface area contributed by atoms with Crippen LogP contribution in [-0.2, 0) is 0 Å². The Kier molecular flexibility index (Phi) is 7.42. The van der Waals surface area contributed by atoms with E-state index in [1.807, 2.05) is 6.92 Å². The van der Waals surface area contributed by atoms with E-state index in [4.69, 9.17) is 11.6 Å². The SMILES string of the molecule is CCSc1ccc(Cl)cc1C(=O)NCC(N1CCNCC1)C(F)(F)F. The quantitative estimate of drug-likeness (QED) is 0.727. The molecule has 0 bridgehead atoms. The van der Waals surface area contributed by atoms with Gasteiger partial charge in [0.05, 0.1) is 5.56 Å². The lowest BCUT2D eigenvalue weighted by molar-refractivity contribution is -0.183. The van der Waals surface area contributed by atoms with Crippen molar-refractivity contribution in [1.82, 2.24) is 15.5 Å². The van der Waals surface area contributed by atoms with Crippen molar-refractivity contribution >= 4 is 29.3 Å². The van der Waals surface area contributed by atoms with Crippen molar-refractivity contribution in [2.75, 3.05) is 38.5 Å². The van der Waals surface area contributed by atoms with Crippen LogP contribution in [0.1, 0.15) is 17.3 Å². The summed E-state index contributed by atoms with van der Waals surface area (Å²) in [6.45, 7) is 3.07. The summed E-state index contributed by atoms with van der Waals surface area (Å²) in [5.41, 5.74) is 0.306. The van der Waals surface area contributed by atoms with Gasteiger partial charge in [-0.05, 0) is 24.0 Å². The minimum atomic E-state index is -4.40. The molecule has 1 aliphatic heterocycles. The van der Waals surface area contributed by atoms with Crippen molar-refractivity contribution in [2.45, 2.75) is 24.0 Å². The van der Waals surface area contributed by atoms with Crippen molar-refractivity contribution in [2.24, 2.45) is 0 Å². The van der Waals surface area contributed by atoms with Gasteiger partial charge in [0.15, 0.2) is 0 Å². The highest BCUT2D eigenvalue weighted by Gasteiger charge is 2.43. The summed E-state index contributed by atoms with van der Waals surface area (Å²) in [6.07, 6.45) is -4.40. The maximum Gasteiger partial charge on any atom is 0.405 e. The third-order valence-electron chi connectivity index (χ3n) is 3.91. The highest BCUT2D eigenvalue weighted by Crippen LogP contribution is 2.27. The van der Waals surface area contributed by atoms with E-state index in [1.54, 1.807) is 12.1 Å². The summed E-state index contributed by atoms with van der Waals surface area (Å²) in [5.74, 6) is 0.205. The standard InChI is InChI=1S/C16H21ClF3N3OS/c1-2-25-13-4-3-11(17)9-12(13)15(24)22-10-14(16(18,19)20)23-7-5-21-6-8-23/h3-4,9,14,21H,2,5-8,10H2,1H3,(H,22,24). The van der Waals surface area contributed by atoms with Crippen molar-refractivity contribution in [3.63, 3.8) is 0 Å². The van der Waals surface area contributed by atoms with E-state index in [0.29, 0.717) is 41.7 Å². The third kappa shape index (κ3) is 5.77. The molecule has 0 aromatic heterocycles. The molecule has 2 N–H and O–H groups in total. The minimum Gasteiger partial charge on any atom is -0.350 e. The van der Waals surface area contributed by atoms with E-state index < -0.39 is 24.7 Å². The van der Waals surface area contributed by atoms with Gasteiger partial charge in [0.1, 0.15) is 6.04 Å². The highest BCUT2D eigenvalue weighted by atomic mass is 35.5. The number of nitrogens with one attached hydrogen (secondary N) is 2. The van der Waals surface area contributed by atoms with Gasteiger partial charge in [-0.2, -0.15) is 13.2 Å². The predicted molar refractivity (Wildman–Crippen MR) is 94.5 cm³/mol. The van der Waals surface area contributed by atoms with Crippen molar-refractivity contribution in [1.29, 1.82) is 0 Å². The molecule has 4 nitrogen and oxygen atoms in total. The highest BCUT2D eigenvalue weighted by molar-refractivity contribution is 7.99. The van der Waals surface area contributed by atoms with E-state index in [-0.39, 0.29) is 0 Å². The Balaban J connectivity index is 2.09. The van der Waals surface area contributed by atoms with Crippen LogP contribution in [0.15, 0.2) is 23.1 Å². The molecular weight excluding hydrogens is 375 g/mol. The Morgan fingerprint density at radius 3 is 2.68 bits per heavy atom. The van der Waals surface area contributed by atoms with E-state index in [0.717, 1.165) is 5.75 Å². The third-order valence-corrected chi connectivity index (χ3v) is 5.10. The van der Waals surface area contributed by atoms with Crippen molar-refractivity contribution < 1.29 is 18.0 Å². The molecule has 1 heterocycles. The lowest BCUT2D eigenvalue weighted by Gasteiger charge is -2.36. The van der Waals surface area contributed by atoms with Crippen LogP contribution in [-0.4, -0.2) is 61.5 Å². The zero-order valence-corrected chi connectivity index (χ0v) is 15.4. The summed E-state index contributed by atoms with van der Waals surface area (Å²) in [7, 11) is 0. The molecule has 0 saturated carbocycles. The fourth-order valence-electron chi connectivity index (χ4n) is 2.69. The molecule has 1 fully saturated rings. The Bertz CT molecular complexity index is 594. The Morgan fingerprint density at radius 1 is 1.40 bits per heavy atom. The fraction of sp³-hybridized carbons (Fsp3) is 0.562. The van der Waals surface area contributed by atoms with Crippen LogP contribution in [0.4, 0.5) is 13.2 Å². The molecule has 1 saturated heterocycles. The molecule has 1 aliphatic rings. The van der Waals surface area contributed by atoms with E-state index in [2.05, 4.69) is 10.6 Å². The zero-order chi connectivity index (χ0) is 18.4. The topological polar surface area (TPSA) is 44.4 Å². The molecule has 0 radical (unpaired) electrons. The molecule has 2 rings (SSSR count). The van der Waals surface area contributed by atoms with Crippen LogP contribution < -0.4 is 10.6 Å². The van der Waals surface area contributed by atoms with Gasteiger partial charge in [-0.25, -0.2) is 0 Å². The number of benzene rings is 1. The Labute approximate surface area is 154 Å². The van der Waals surface area contributed by atoms with Crippen LogP contribution in [0.3, 0.4) is 0 Å². The lowest BCUT2D eigenvalue weighted by Crippen LogP contribution is -2.57. The van der Waals surface area contributed by atoms with Crippen LogP contribution in [0.25, 0.3) is 0 Å². The fourth-order valence-corrected chi connectivity index (χ4v) is 3.65. The van der Waals surface area contributed by atoms with Gasteiger partial charge in [0.25, 0.3) is 5.91 Å². The van der Waals surface area contributed by atoms with Gasteiger partial charge in [-0.1, -0.05) is 18.5 Å². The molecule has 1 aromatic rings. The average Bonchev–Trinajstić information content (AvgIpc) is 2.56. The zero-order valence-electron chi connectivity index (χ0n) is 13.8. The van der Waals surface area contributed by atoms with Gasteiger partial charge in [-0.3, -0.25) is 9.69 Å². The second kappa shape index (κ2) is 9.12. The molecule has 1 atom stereocenters. The number of rotatable bonds is 6. The molecule has 0 aliphatic carbocycles. The number of thioether (sulfide) groups is 1. The van der Waals surface area contributed by atoms with Gasteiger partial charge in [-0.15, -0.1) is 11.8 Å². The second-order valence-electron chi connectivity index (χ2n) is 5.63. The van der Waals surface area contributed by atoms with Crippen LogP contribution in [0.2, 0.25) is 5.02 Å². The minimum absolute atomic E-state index is 0.300. The van der Waals surface area contributed by atoms with E-state index in [9.17, 15) is 18.0 Å². The predicted octanol–water partition coefficient (Wildman–Crippen LogP) is 3.02. The van der Waals surface area contributed by atoms with Gasteiger partial charge >= 0.3 is 6.18 Å². The smallest absolute Gasteiger partial charge is 0.350 e. The first-order valence-electron chi connectivity index (χ1n) is 8.05. The van der Waals surface area contributed by atoms with Gasteiger partial charge in [0.2, 0.25) is 0 Å². The molecule has 1 aromatic carbocycles. The molecule has 25 heavy (non-hydrogen) atoms. The average molecular weight is 396 g/mol. The normalized spacial score (nSPS) is 17.3. The number of halogens is 4. The van der Waals surface area contributed by atoms with E-state index in [1.165, 1.54) is 22.7 Å². The number of alkyl halides is 3. The second-order valence-corrected chi connectivity index (χ2v) is 7.37. The summed E-state index contributed by atoms with van der Waals surface area (Å²) < 4.78 is 40.1. The summed E-state index contributed by atoms with van der Waals surface area (Å²) in [4.78, 5) is 14.5. The van der Waals surface area contributed by atoms with Crippen LogP contribution in [0.5, 0.6) is 0 Å². The lowest BCUT2D eigenvalue weighted by atomic mass is 10.1. The molecule has 0 spiro atoms. The number of hydrogen-bond donors (Lipinski definition) is 2. The maximum atomic E-state index is 13.4. The van der Waals surface area contributed by atoms with Gasteiger partial charge in [0, 0.05) is 42.6 Å². The molecule has 1 unspecified atom stereocenters. The number of piperazine rings is 1. The summed E-state index contributed by atoms with van der Waals surface area (Å²) in [6, 6.07) is 3.17. The Morgan fingerprint density at radius 2 is 2.08 bits per heavy atom. The molecule has 140 valence electrons. The number of amides is 1. The Hall–Kier alpha value is -0.960. The number of hydrogen-bond acceptors (Lipinski definition) is 4. The van der Waals surface area contributed by atoms with Crippen molar-refractivity contribution in [3.05, 3.63) is 28.8 Å².